The Hall–Kier alpha value is -3.96. The van der Waals surface area contributed by atoms with Gasteiger partial charge in [0.05, 0.1) is 29.6 Å². The third-order valence-corrected chi connectivity index (χ3v) is 4.94. The van der Waals surface area contributed by atoms with Crippen LogP contribution in [0.25, 0.3) is 17.0 Å². The highest BCUT2D eigenvalue weighted by Crippen LogP contribution is 2.34. The minimum Gasteiger partial charge on any atom is -0.478 e. The number of benzene rings is 1. The van der Waals surface area contributed by atoms with Gasteiger partial charge in [0.15, 0.2) is 5.52 Å². The third kappa shape index (κ3) is 3.74. The Balaban J connectivity index is 1.83. The number of aromatic carboxylic acids is 1. The molecule has 12 heteroatoms. The number of carboxylic acids is 1. The Morgan fingerprint density at radius 3 is 2.56 bits per heavy atom. The van der Waals surface area contributed by atoms with Crippen LogP contribution < -0.4 is 5.56 Å². The number of hydrogen-bond donors (Lipinski definition) is 2. The van der Waals surface area contributed by atoms with Crippen molar-refractivity contribution in [1.82, 2.24) is 29.5 Å². The molecular formula is C20H17F3N6O3. The normalized spacial score (nSPS) is 13.1. The van der Waals surface area contributed by atoms with Crippen LogP contribution in [-0.4, -0.2) is 40.6 Å². The molecule has 2 N–H and O–H groups in total. The molecule has 3 heterocycles. The van der Waals surface area contributed by atoms with Crippen LogP contribution in [0.15, 0.2) is 47.7 Å². The van der Waals surface area contributed by atoms with Crippen molar-refractivity contribution in [2.24, 2.45) is 5.92 Å². The summed E-state index contributed by atoms with van der Waals surface area (Å²) in [6.07, 6.45) is -0.871. The summed E-state index contributed by atoms with van der Waals surface area (Å²) in [6.45, 7) is 3.62. The smallest absolute Gasteiger partial charge is 0.416 e. The van der Waals surface area contributed by atoms with E-state index in [4.69, 9.17) is 5.11 Å². The van der Waals surface area contributed by atoms with Gasteiger partial charge in [-0.1, -0.05) is 26.0 Å². The molecule has 1 atom stereocenters. The number of fused-ring (bicyclic) bond motifs is 1. The van der Waals surface area contributed by atoms with Crippen LogP contribution in [0.1, 0.15) is 41.4 Å². The zero-order valence-electron chi connectivity index (χ0n) is 16.8. The molecule has 9 nitrogen and oxygen atoms in total. The average Bonchev–Trinajstić information content (AvgIpc) is 3.35. The van der Waals surface area contributed by atoms with Crippen LogP contribution in [0.4, 0.5) is 13.2 Å². The standard InChI is InChI=1S/C20H17F3N6O3/c1-10(2)15(11-4-3-5-13(6-11)20(21,22)23)29-16-14(8-25-29)26-19(27-17(16)30)28-9-12(7-24-28)18(31)32/h3-10,15H,1-2H3,(H,31,32)(H,26,27,30). The maximum atomic E-state index is 13.2. The molecular weight excluding hydrogens is 429 g/mol. The van der Waals surface area contributed by atoms with E-state index in [1.54, 1.807) is 6.07 Å². The van der Waals surface area contributed by atoms with Gasteiger partial charge in [-0.05, 0) is 23.6 Å². The van der Waals surface area contributed by atoms with Gasteiger partial charge in [-0.15, -0.1) is 0 Å². The lowest BCUT2D eigenvalue weighted by molar-refractivity contribution is -0.137. The van der Waals surface area contributed by atoms with Crippen molar-refractivity contribution in [2.75, 3.05) is 0 Å². The van der Waals surface area contributed by atoms with E-state index in [1.165, 1.54) is 23.1 Å². The average molecular weight is 446 g/mol. The Morgan fingerprint density at radius 1 is 1.19 bits per heavy atom. The van der Waals surface area contributed by atoms with E-state index >= 15 is 0 Å². The van der Waals surface area contributed by atoms with E-state index in [-0.39, 0.29) is 28.5 Å². The predicted molar refractivity (Wildman–Crippen MR) is 107 cm³/mol. The van der Waals surface area contributed by atoms with Gasteiger partial charge >= 0.3 is 12.1 Å². The SMILES string of the molecule is CC(C)C(c1cccc(C(F)(F)F)c1)n1ncc2nc(-n3cc(C(=O)O)cn3)[nH]c(=O)c21. The number of hydrogen-bond acceptors (Lipinski definition) is 5. The first kappa shape index (κ1) is 21.3. The number of aromatic amines is 1. The minimum atomic E-state index is -4.50. The summed E-state index contributed by atoms with van der Waals surface area (Å²) in [5, 5.41) is 17.2. The molecule has 4 aromatic rings. The maximum absolute atomic E-state index is 13.2. The van der Waals surface area contributed by atoms with Gasteiger partial charge in [0.2, 0.25) is 5.95 Å². The van der Waals surface area contributed by atoms with Crippen molar-refractivity contribution in [1.29, 1.82) is 0 Å². The minimum absolute atomic E-state index is 0.0188. The molecule has 0 aliphatic rings. The van der Waals surface area contributed by atoms with E-state index in [0.29, 0.717) is 5.56 Å². The predicted octanol–water partition coefficient (Wildman–Crippen LogP) is 3.27. The Morgan fingerprint density at radius 2 is 1.94 bits per heavy atom. The second-order valence-corrected chi connectivity index (χ2v) is 7.50. The first-order valence-electron chi connectivity index (χ1n) is 9.49. The highest BCUT2D eigenvalue weighted by molar-refractivity contribution is 5.87. The van der Waals surface area contributed by atoms with Crippen molar-refractivity contribution >= 4 is 17.0 Å². The van der Waals surface area contributed by atoms with Crippen molar-refractivity contribution in [3.8, 4) is 5.95 Å². The van der Waals surface area contributed by atoms with Crippen LogP contribution >= 0.6 is 0 Å². The lowest BCUT2D eigenvalue weighted by atomic mass is 9.94. The van der Waals surface area contributed by atoms with Crippen molar-refractivity contribution in [2.45, 2.75) is 26.1 Å². The van der Waals surface area contributed by atoms with Crippen LogP contribution in [0, 0.1) is 5.92 Å². The zero-order chi connectivity index (χ0) is 23.2. The summed E-state index contributed by atoms with van der Waals surface area (Å²) in [6, 6.07) is 4.24. The summed E-state index contributed by atoms with van der Waals surface area (Å²) < 4.78 is 42.1. The van der Waals surface area contributed by atoms with Crippen LogP contribution in [0.3, 0.4) is 0 Å². The van der Waals surface area contributed by atoms with Crippen LogP contribution in [0.2, 0.25) is 0 Å². The van der Waals surface area contributed by atoms with E-state index in [1.807, 2.05) is 13.8 Å². The van der Waals surface area contributed by atoms with Crippen LogP contribution in [-0.2, 0) is 6.18 Å². The number of alkyl halides is 3. The van der Waals surface area contributed by atoms with E-state index in [2.05, 4.69) is 20.2 Å². The quantitative estimate of drug-likeness (QED) is 0.486. The first-order chi connectivity index (χ1) is 15.1. The number of H-pyrrole nitrogens is 1. The summed E-state index contributed by atoms with van der Waals surface area (Å²) >= 11 is 0. The molecule has 0 fully saturated rings. The van der Waals surface area contributed by atoms with Gasteiger partial charge in [-0.2, -0.15) is 23.4 Å². The van der Waals surface area contributed by atoms with Gasteiger partial charge in [-0.25, -0.2) is 19.1 Å². The third-order valence-electron chi connectivity index (χ3n) is 4.94. The molecule has 0 aliphatic heterocycles. The molecule has 1 aromatic carbocycles. The van der Waals surface area contributed by atoms with Crippen molar-refractivity contribution < 1.29 is 23.1 Å². The largest absolute Gasteiger partial charge is 0.478 e. The number of nitrogens with one attached hydrogen (secondary N) is 1. The van der Waals surface area contributed by atoms with Crippen molar-refractivity contribution in [3.63, 3.8) is 0 Å². The number of carbonyl (C=O) groups is 1. The fourth-order valence-electron chi connectivity index (χ4n) is 3.53. The highest BCUT2D eigenvalue weighted by atomic mass is 19.4. The summed E-state index contributed by atoms with van der Waals surface area (Å²) in [5.41, 5.74) is -0.856. The Bertz CT molecular complexity index is 1370. The molecule has 0 saturated carbocycles. The molecule has 3 aromatic heterocycles. The number of halogens is 3. The summed E-state index contributed by atoms with van der Waals surface area (Å²) in [7, 11) is 0. The molecule has 0 saturated heterocycles. The lowest BCUT2D eigenvalue weighted by Crippen LogP contribution is -2.23. The molecule has 0 amide bonds. The van der Waals surface area contributed by atoms with Crippen molar-refractivity contribution in [3.05, 3.63) is 69.9 Å². The maximum Gasteiger partial charge on any atom is 0.416 e. The van der Waals surface area contributed by atoms with E-state index < -0.39 is 29.3 Å². The number of rotatable bonds is 5. The molecule has 0 spiro atoms. The number of nitrogens with zero attached hydrogens (tertiary/aromatic N) is 5. The second-order valence-electron chi connectivity index (χ2n) is 7.50. The molecule has 166 valence electrons. The van der Waals surface area contributed by atoms with Gasteiger partial charge in [0.1, 0.15) is 5.52 Å². The summed E-state index contributed by atoms with van der Waals surface area (Å²) in [5.74, 6) is -1.41. The molecule has 0 radical (unpaired) electrons. The van der Waals surface area contributed by atoms with E-state index in [0.717, 1.165) is 23.0 Å². The monoisotopic (exact) mass is 446 g/mol. The molecule has 32 heavy (non-hydrogen) atoms. The lowest BCUT2D eigenvalue weighted by Gasteiger charge is -2.23. The van der Waals surface area contributed by atoms with Gasteiger partial charge < -0.3 is 5.11 Å². The topological polar surface area (TPSA) is 119 Å². The molecule has 1 unspecified atom stereocenters. The first-order valence-corrected chi connectivity index (χ1v) is 9.49. The number of carboxylic acid groups (broad SMARTS) is 1. The second kappa shape index (κ2) is 7.62. The summed E-state index contributed by atoms with van der Waals surface area (Å²) in [4.78, 5) is 30.8. The highest BCUT2D eigenvalue weighted by Gasteiger charge is 2.32. The van der Waals surface area contributed by atoms with Crippen LogP contribution in [0.5, 0.6) is 0 Å². The Kier molecular flexibility index (Phi) is 5.07. The fraction of sp³-hybridized carbons (Fsp3) is 0.250. The zero-order valence-corrected chi connectivity index (χ0v) is 16.8. The van der Waals surface area contributed by atoms with Gasteiger partial charge in [0, 0.05) is 6.20 Å². The fourth-order valence-corrected chi connectivity index (χ4v) is 3.53. The Labute approximate surface area is 178 Å². The molecule has 0 bridgehead atoms. The number of aromatic nitrogens is 6. The van der Waals surface area contributed by atoms with Gasteiger partial charge in [-0.3, -0.25) is 9.78 Å². The van der Waals surface area contributed by atoms with Gasteiger partial charge in [0.25, 0.3) is 5.56 Å². The molecule has 0 aliphatic carbocycles. The van der Waals surface area contributed by atoms with E-state index in [9.17, 15) is 22.8 Å². The molecule has 4 rings (SSSR count).